The molecule has 1 aromatic rings. The Morgan fingerprint density at radius 2 is 1.92 bits per heavy atom. The minimum atomic E-state index is -1.04. The fourth-order valence-corrected chi connectivity index (χ4v) is 1.29. The van der Waals surface area contributed by atoms with Crippen molar-refractivity contribution in [3.63, 3.8) is 0 Å². The molecule has 0 amide bonds. The van der Waals surface area contributed by atoms with Crippen molar-refractivity contribution in [2.24, 2.45) is 5.73 Å². The highest BCUT2D eigenvalue weighted by Gasteiger charge is 2.21. The van der Waals surface area contributed by atoms with Crippen LogP contribution >= 0.6 is 12.6 Å². The SMILES string of the molecule is N[C@@H](C(=O)O)C(S)c1ccccc1. The van der Waals surface area contributed by atoms with Crippen LogP contribution in [0.5, 0.6) is 0 Å². The number of hydrogen-bond donors (Lipinski definition) is 3. The summed E-state index contributed by atoms with van der Waals surface area (Å²) >= 11 is 4.15. The van der Waals surface area contributed by atoms with Gasteiger partial charge in [-0.15, -0.1) is 0 Å². The van der Waals surface area contributed by atoms with Crippen LogP contribution in [0.15, 0.2) is 30.3 Å². The van der Waals surface area contributed by atoms with E-state index in [1.807, 2.05) is 18.2 Å². The third-order valence-electron chi connectivity index (χ3n) is 1.77. The lowest BCUT2D eigenvalue weighted by molar-refractivity contribution is -0.138. The lowest BCUT2D eigenvalue weighted by Gasteiger charge is -2.14. The average Bonchev–Trinajstić information content (AvgIpc) is 2.17. The van der Waals surface area contributed by atoms with Gasteiger partial charge in [-0.2, -0.15) is 12.6 Å². The second kappa shape index (κ2) is 4.30. The zero-order valence-electron chi connectivity index (χ0n) is 6.92. The molecule has 0 bridgehead atoms. The van der Waals surface area contributed by atoms with E-state index in [-0.39, 0.29) is 0 Å². The highest BCUT2D eigenvalue weighted by Crippen LogP contribution is 2.22. The number of nitrogens with two attached hydrogens (primary N) is 1. The van der Waals surface area contributed by atoms with Crippen molar-refractivity contribution in [2.45, 2.75) is 11.3 Å². The summed E-state index contributed by atoms with van der Waals surface area (Å²) < 4.78 is 0. The van der Waals surface area contributed by atoms with E-state index in [1.165, 1.54) is 0 Å². The predicted octanol–water partition coefficient (Wildman–Crippen LogP) is 1.07. The molecule has 3 N–H and O–H groups in total. The molecule has 1 aromatic carbocycles. The Kier molecular flexibility index (Phi) is 3.33. The first-order chi connectivity index (χ1) is 6.13. The van der Waals surface area contributed by atoms with Gasteiger partial charge in [0, 0.05) is 0 Å². The van der Waals surface area contributed by atoms with Gasteiger partial charge in [0.05, 0.1) is 5.25 Å². The lowest BCUT2D eigenvalue weighted by Crippen LogP contribution is -2.34. The summed E-state index contributed by atoms with van der Waals surface area (Å²) in [7, 11) is 0. The molecule has 1 unspecified atom stereocenters. The topological polar surface area (TPSA) is 63.3 Å². The molecule has 70 valence electrons. The molecule has 0 saturated heterocycles. The maximum Gasteiger partial charge on any atom is 0.321 e. The lowest BCUT2D eigenvalue weighted by atomic mass is 10.1. The van der Waals surface area contributed by atoms with E-state index in [9.17, 15) is 4.79 Å². The van der Waals surface area contributed by atoms with Crippen molar-refractivity contribution >= 4 is 18.6 Å². The zero-order chi connectivity index (χ0) is 9.84. The Bertz CT molecular complexity index is 289. The zero-order valence-corrected chi connectivity index (χ0v) is 7.82. The Balaban J connectivity index is 2.79. The largest absolute Gasteiger partial charge is 0.480 e. The molecule has 0 saturated carbocycles. The van der Waals surface area contributed by atoms with Crippen molar-refractivity contribution in [3.8, 4) is 0 Å². The van der Waals surface area contributed by atoms with E-state index in [0.717, 1.165) is 5.56 Å². The molecule has 0 aromatic heterocycles. The molecule has 0 aliphatic rings. The van der Waals surface area contributed by atoms with Crippen molar-refractivity contribution in [3.05, 3.63) is 35.9 Å². The van der Waals surface area contributed by atoms with E-state index in [4.69, 9.17) is 10.8 Å². The summed E-state index contributed by atoms with van der Waals surface area (Å²) in [5.74, 6) is -1.04. The van der Waals surface area contributed by atoms with Gasteiger partial charge in [-0.05, 0) is 5.56 Å². The van der Waals surface area contributed by atoms with E-state index < -0.39 is 17.3 Å². The van der Waals surface area contributed by atoms with Gasteiger partial charge >= 0.3 is 5.97 Å². The van der Waals surface area contributed by atoms with Gasteiger partial charge in [0.25, 0.3) is 0 Å². The molecule has 0 aliphatic heterocycles. The molecule has 3 nitrogen and oxygen atoms in total. The van der Waals surface area contributed by atoms with Crippen molar-refractivity contribution < 1.29 is 9.90 Å². The standard InChI is InChI=1S/C9H11NO2S/c10-7(9(11)12)8(13)6-4-2-1-3-5-6/h1-5,7-8,13H,10H2,(H,11,12)/t7-,8?/m1/s1. The maximum absolute atomic E-state index is 10.5. The van der Waals surface area contributed by atoms with Gasteiger partial charge in [0.15, 0.2) is 0 Å². The van der Waals surface area contributed by atoms with Crippen LogP contribution in [-0.4, -0.2) is 17.1 Å². The second-order valence-electron chi connectivity index (χ2n) is 2.72. The van der Waals surface area contributed by atoms with Gasteiger partial charge in [0.2, 0.25) is 0 Å². The Hall–Kier alpha value is -1.00. The number of rotatable bonds is 3. The average molecular weight is 197 g/mol. The number of hydrogen-bond acceptors (Lipinski definition) is 3. The van der Waals surface area contributed by atoms with Crippen molar-refractivity contribution in [1.29, 1.82) is 0 Å². The van der Waals surface area contributed by atoms with Gasteiger partial charge in [0.1, 0.15) is 6.04 Å². The Morgan fingerprint density at radius 3 is 2.38 bits per heavy atom. The summed E-state index contributed by atoms with van der Waals surface area (Å²) in [6.45, 7) is 0. The van der Waals surface area contributed by atoms with Crippen LogP contribution < -0.4 is 5.73 Å². The first-order valence-corrected chi connectivity index (χ1v) is 4.36. The summed E-state index contributed by atoms with van der Waals surface area (Å²) in [5.41, 5.74) is 6.24. The van der Waals surface area contributed by atoms with E-state index in [1.54, 1.807) is 12.1 Å². The fraction of sp³-hybridized carbons (Fsp3) is 0.222. The van der Waals surface area contributed by atoms with Gasteiger partial charge < -0.3 is 10.8 Å². The number of carboxylic acid groups (broad SMARTS) is 1. The van der Waals surface area contributed by atoms with Crippen molar-refractivity contribution in [1.82, 2.24) is 0 Å². The van der Waals surface area contributed by atoms with Crippen LogP contribution in [0.4, 0.5) is 0 Å². The van der Waals surface area contributed by atoms with Crippen molar-refractivity contribution in [2.75, 3.05) is 0 Å². The van der Waals surface area contributed by atoms with Gasteiger partial charge in [-0.25, -0.2) is 0 Å². The molecular weight excluding hydrogens is 186 g/mol. The summed E-state index contributed by atoms with van der Waals surface area (Å²) in [4.78, 5) is 10.5. The monoisotopic (exact) mass is 197 g/mol. The minimum Gasteiger partial charge on any atom is -0.480 e. The summed E-state index contributed by atoms with van der Waals surface area (Å²) in [6.07, 6.45) is 0. The van der Waals surface area contributed by atoms with E-state index in [0.29, 0.717) is 0 Å². The number of aliphatic carboxylic acids is 1. The van der Waals surface area contributed by atoms with Crippen LogP contribution in [-0.2, 0) is 4.79 Å². The molecule has 2 atom stereocenters. The van der Waals surface area contributed by atoms with Crippen LogP contribution in [0.25, 0.3) is 0 Å². The normalized spacial score (nSPS) is 14.9. The summed E-state index contributed by atoms with van der Waals surface area (Å²) in [6, 6.07) is 8.16. The summed E-state index contributed by atoms with van der Waals surface area (Å²) in [5, 5.41) is 8.18. The van der Waals surface area contributed by atoms with Crippen LogP contribution in [0.1, 0.15) is 10.8 Å². The Labute approximate surface area is 82.0 Å². The number of thiol groups is 1. The number of carboxylic acids is 1. The molecule has 0 aliphatic carbocycles. The molecule has 0 radical (unpaired) electrons. The first kappa shape index (κ1) is 10.1. The molecule has 0 heterocycles. The van der Waals surface area contributed by atoms with Crippen LogP contribution in [0.3, 0.4) is 0 Å². The minimum absolute atomic E-state index is 0.460. The van der Waals surface area contributed by atoms with Crippen LogP contribution in [0, 0.1) is 0 Å². The third kappa shape index (κ3) is 2.47. The first-order valence-electron chi connectivity index (χ1n) is 3.84. The number of carbonyl (C=O) groups is 1. The molecule has 0 fully saturated rings. The molecule has 1 rings (SSSR count). The van der Waals surface area contributed by atoms with Gasteiger partial charge in [-0.3, -0.25) is 4.79 Å². The molecular formula is C9H11NO2S. The smallest absolute Gasteiger partial charge is 0.321 e. The van der Waals surface area contributed by atoms with Crippen LogP contribution in [0.2, 0.25) is 0 Å². The fourth-order valence-electron chi connectivity index (χ4n) is 0.993. The van der Waals surface area contributed by atoms with E-state index in [2.05, 4.69) is 12.6 Å². The van der Waals surface area contributed by atoms with E-state index >= 15 is 0 Å². The quantitative estimate of drug-likeness (QED) is 0.635. The molecule has 0 spiro atoms. The molecule has 13 heavy (non-hydrogen) atoms. The van der Waals surface area contributed by atoms with Gasteiger partial charge in [-0.1, -0.05) is 30.3 Å². The number of benzene rings is 1. The highest BCUT2D eigenvalue weighted by atomic mass is 32.1. The second-order valence-corrected chi connectivity index (χ2v) is 3.28. The predicted molar refractivity (Wildman–Crippen MR) is 53.8 cm³/mol. The molecule has 4 heteroatoms. The highest BCUT2D eigenvalue weighted by molar-refractivity contribution is 7.80. The Morgan fingerprint density at radius 1 is 1.38 bits per heavy atom. The maximum atomic E-state index is 10.5. The third-order valence-corrected chi connectivity index (χ3v) is 2.39.